The highest BCUT2D eigenvalue weighted by molar-refractivity contribution is 9.10. The van der Waals surface area contributed by atoms with Gasteiger partial charge in [0.25, 0.3) is 10.0 Å². The summed E-state index contributed by atoms with van der Waals surface area (Å²) in [6.07, 6.45) is 0. The van der Waals surface area contributed by atoms with Crippen LogP contribution in [0, 0.1) is 17.5 Å². The smallest absolute Gasteiger partial charge is 0.263 e. The Morgan fingerprint density at radius 1 is 1.00 bits per heavy atom. The average molecular weight is 381 g/mol. The van der Waals surface area contributed by atoms with Crippen LogP contribution in [0.2, 0.25) is 0 Å². The number of nitrogens with one attached hydrogen (secondary N) is 1. The Morgan fingerprint density at radius 3 is 2.29 bits per heavy atom. The van der Waals surface area contributed by atoms with Crippen molar-refractivity contribution < 1.29 is 21.6 Å². The van der Waals surface area contributed by atoms with E-state index < -0.39 is 27.5 Å². The SMILES string of the molecule is Nc1cc(S(=O)(=O)Nc2ccc(F)c(F)c2)c(Br)cc1F. The van der Waals surface area contributed by atoms with E-state index in [9.17, 15) is 21.6 Å². The summed E-state index contributed by atoms with van der Waals surface area (Å²) in [4.78, 5) is -0.328. The molecular weight excluding hydrogens is 373 g/mol. The number of benzene rings is 2. The first-order valence-electron chi connectivity index (χ1n) is 5.43. The van der Waals surface area contributed by atoms with Crippen molar-refractivity contribution in [1.82, 2.24) is 0 Å². The van der Waals surface area contributed by atoms with Gasteiger partial charge >= 0.3 is 0 Å². The third kappa shape index (κ3) is 3.30. The molecule has 0 saturated heterocycles. The average Bonchev–Trinajstić information content (AvgIpc) is 2.37. The monoisotopic (exact) mass is 380 g/mol. The molecule has 0 aliphatic rings. The molecule has 0 atom stereocenters. The van der Waals surface area contributed by atoms with E-state index in [1.165, 1.54) is 0 Å². The summed E-state index contributed by atoms with van der Waals surface area (Å²) in [7, 11) is -4.15. The Labute approximate surface area is 127 Å². The first kappa shape index (κ1) is 15.6. The maximum Gasteiger partial charge on any atom is 0.263 e. The fraction of sp³-hybridized carbons (Fsp3) is 0. The van der Waals surface area contributed by atoms with Crippen LogP contribution in [0.1, 0.15) is 0 Å². The van der Waals surface area contributed by atoms with Gasteiger partial charge in [0.1, 0.15) is 10.7 Å². The van der Waals surface area contributed by atoms with E-state index >= 15 is 0 Å². The van der Waals surface area contributed by atoms with Gasteiger partial charge in [-0.1, -0.05) is 0 Å². The molecule has 0 heterocycles. The number of halogens is 4. The number of nitrogens with two attached hydrogens (primary N) is 1. The second-order valence-electron chi connectivity index (χ2n) is 4.04. The first-order chi connectivity index (χ1) is 9.70. The minimum atomic E-state index is -4.15. The van der Waals surface area contributed by atoms with Crippen LogP contribution < -0.4 is 10.5 Å². The van der Waals surface area contributed by atoms with Crippen molar-refractivity contribution in [2.45, 2.75) is 4.90 Å². The second kappa shape index (κ2) is 5.57. The van der Waals surface area contributed by atoms with Crippen LogP contribution >= 0.6 is 15.9 Å². The molecule has 2 aromatic carbocycles. The van der Waals surface area contributed by atoms with Gasteiger partial charge in [-0.3, -0.25) is 4.72 Å². The van der Waals surface area contributed by atoms with Crippen molar-refractivity contribution in [2.75, 3.05) is 10.5 Å². The zero-order valence-corrected chi connectivity index (χ0v) is 12.6. The number of nitrogen functional groups attached to an aromatic ring is 1. The summed E-state index contributed by atoms with van der Waals surface area (Å²) >= 11 is 2.91. The third-order valence-corrected chi connectivity index (χ3v) is 4.85. The second-order valence-corrected chi connectivity index (χ2v) is 6.54. The van der Waals surface area contributed by atoms with Gasteiger partial charge in [-0.25, -0.2) is 21.6 Å². The number of anilines is 2. The predicted molar refractivity (Wildman–Crippen MR) is 75.7 cm³/mol. The van der Waals surface area contributed by atoms with Crippen LogP contribution in [-0.4, -0.2) is 8.42 Å². The van der Waals surface area contributed by atoms with Crippen molar-refractivity contribution >= 4 is 37.3 Å². The molecule has 21 heavy (non-hydrogen) atoms. The van der Waals surface area contributed by atoms with Crippen LogP contribution in [0.5, 0.6) is 0 Å². The van der Waals surface area contributed by atoms with Gasteiger partial charge in [0.2, 0.25) is 0 Å². The Hall–Kier alpha value is -1.74. The van der Waals surface area contributed by atoms with Gasteiger partial charge in [0, 0.05) is 10.5 Å². The summed E-state index contributed by atoms with van der Waals surface area (Å²) in [5.41, 5.74) is 4.79. The molecule has 0 fully saturated rings. The largest absolute Gasteiger partial charge is 0.396 e. The number of hydrogen-bond donors (Lipinski definition) is 2. The van der Waals surface area contributed by atoms with Crippen molar-refractivity contribution in [2.24, 2.45) is 0 Å². The first-order valence-corrected chi connectivity index (χ1v) is 7.71. The van der Waals surface area contributed by atoms with E-state index in [0.29, 0.717) is 6.07 Å². The van der Waals surface area contributed by atoms with E-state index in [2.05, 4.69) is 15.9 Å². The molecular formula is C12H8BrF3N2O2S. The van der Waals surface area contributed by atoms with Gasteiger partial charge in [0.05, 0.1) is 11.4 Å². The molecule has 2 rings (SSSR count). The molecule has 112 valence electrons. The lowest BCUT2D eigenvalue weighted by atomic mass is 10.3. The third-order valence-electron chi connectivity index (χ3n) is 2.51. The van der Waals surface area contributed by atoms with Crippen LogP contribution in [0.4, 0.5) is 24.5 Å². The van der Waals surface area contributed by atoms with Gasteiger partial charge < -0.3 is 5.73 Å². The van der Waals surface area contributed by atoms with E-state index in [1.807, 2.05) is 4.72 Å². The zero-order chi connectivity index (χ0) is 15.8. The highest BCUT2D eigenvalue weighted by atomic mass is 79.9. The summed E-state index contributed by atoms with van der Waals surface area (Å²) < 4.78 is 65.4. The molecule has 0 aromatic heterocycles. The summed E-state index contributed by atoms with van der Waals surface area (Å²) in [5, 5.41) is 0. The maximum absolute atomic E-state index is 13.2. The van der Waals surface area contributed by atoms with E-state index in [4.69, 9.17) is 5.73 Å². The number of rotatable bonds is 3. The molecule has 0 amide bonds. The quantitative estimate of drug-likeness (QED) is 0.802. The van der Waals surface area contributed by atoms with Crippen molar-refractivity contribution in [3.05, 3.63) is 52.3 Å². The lowest BCUT2D eigenvalue weighted by Crippen LogP contribution is -2.14. The van der Waals surface area contributed by atoms with Gasteiger partial charge in [-0.15, -0.1) is 0 Å². The van der Waals surface area contributed by atoms with Crippen LogP contribution in [0.25, 0.3) is 0 Å². The van der Waals surface area contributed by atoms with Gasteiger partial charge in [-0.05, 0) is 40.2 Å². The van der Waals surface area contributed by atoms with Crippen molar-refractivity contribution in [3.8, 4) is 0 Å². The normalized spacial score (nSPS) is 11.4. The molecule has 0 unspecified atom stereocenters. The number of hydrogen-bond acceptors (Lipinski definition) is 3. The van der Waals surface area contributed by atoms with Crippen LogP contribution in [0.3, 0.4) is 0 Å². The maximum atomic E-state index is 13.2. The highest BCUT2D eigenvalue weighted by Gasteiger charge is 2.20. The molecule has 0 saturated carbocycles. The fourth-order valence-electron chi connectivity index (χ4n) is 1.52. The van der Waals surface area contributed by atoms with Crippen LogP contribution in [-0.2, 0) is 10.0 Å². The van der Waals surface area contributed by atoms with Gasteiger partial charge in [0.15, 0.2) is 11.6 Å². The van der Waals surface area contributed by atoms with E-state index in [1.54, 1.807) is 0 Å². The summed E-state index contributed by atoms with van der Waals surface area (Å²) in [6.45, 7) is 0. The number of sulfonamides is 1. The molecule has 9 heteroatoms. The minimum absolute atomic E-state index is 0.0516. The van der Waals surface area contributed by atoms with Crippen LogP contribution in [0.15, 0.2) is 39.7 Å². The molecule has 4 nitrogen and oxygen atoms in total. The molecule has 0 bridgehead atoms. The Balaban J connectivity index is 2.43. The van der Waals surface area contributed by atoms with E-state index in [0.717, 1.165) is 24.3 Å². The van der Waals surface area contributed by atoms with Crippen molar-refractivity contribution in [3.63, 3.8) is 0 Å². The van der Waals surface area contributed by atoms with Crippen molar-refractivity contribution in [1.29, 1.82) is 0 Å². The Kier molecular flexibility index (Phi) is 4.15. The lowest BCUT2D eigenvalue weighted by Gasteiger charge is -2.11. The Bertz CT molecular complexity index is 812. The molecule has 0 aliphatic heterocycles. The molecule has 0 spiro atoms. The zero-order valence-electron chi connectivity index (χ0n) is 10.2. The molecule has 0 radical (unpaired) electrons. The summed E-state index contributed by atoms with van der Waals surface area (Å²) in [6, 6.07) is 4.34. The Morgan fingerprint density at radius 2 is 1.67 bits per heavy atom. The predicted octanol–water partition coefficient (Wildman–Crippen LogP) is 3.25. The van der Waals surface area contributed by atoms with Gasteiger partial charge in [-0.2, -0.15) is 0 Å². The molecule has 0 aliphatic carbocycles. The molecule has 2 aromatic rings. The minimum Gasteiger partial charge on any atom is -0.396 e. The topological polar surface area (TPSA) is 72.2 Å². The summed E-state index contributed by atoms with van der Waals surface area (Å²) in [5.74, 6) is -3.09. The lowest BCUT2D eigenvalue weighted by molar-refractivity contribution is 0.509. The fourth-order valence-corrected chi connectivity index (χ4v) is 3.62. The van der Waals surface area contributed by atoms with E-state index in [-0.39, 0.29) is 20.7 Å². The molecule has 3 N–H and O–H groups in total. The highest BCUT2D eigenvalue weighted by Crippen LogP contribution is 2.28. The standard InChI is InChI=1S/C12H8BrF3N2O2S/c13-7-4-10(16)11(17)5-12(7)21(19,20)18-6-1-2-8(14)9(15)3-6/h1-5,18H,17H2.